The second kappa shape index (κ2) is 7.62. The normalized spacial score (nSPS) is 23.4. The molecule has 4 rings (SSSR count). The van der Waals surface area contributed by atoms with Crippen LogP contribution >= 0.6 is 0 Å². The lowest BCUT2D eigenvalue weighted by atomic mass is 9.92. The van der Waals surface area contributed by atoms with Crippen LogP contribution < -0.4 is 16.0 Å². The van der Waals surface area contributed by atoms with Gasteiger partial charge in [0.2, 0.25) is 11.8 Å². The molecule has 1 unspecified atom stereocenters. The number of amides is 3. The zero-order valence-corrected chi connectivity index (χ0v) is 16.0. The Morgan fingerprint density at radius 2 is 2.11 bits per heavy atom. The number of carbonyl (C=O) groups excluding carboxylic acids is 3. The van der Waals surface area contributed by atoms with Crippen molar-refractivity contribution in [3.8, 4) is 0 Å². The van der Waals surface area contributed by atoms with E-state index in [4.69, 9.17) is 4.74 Å². The van der Waals surface area contributed by atoms with Gasteiger partial charge < -0.3 is 20.3 Å². The number of ether oxygens (including phenoxy) is 1. The van der Waals surface area contributed by atoms with Crippen LogP contribution in [0.25, 0.3) is 0 Å². The maximum absolute atomic E-state index is 13.0. The third-order valence-corrected chi connectivity index (χ3v) is 6.04. The molecule has 0 bridgehead atoms. The molecule has 1 aromatic rings. The van der Waals surface area contributed by atoms with Crippen LogP contribution in [0.5, 0.6) is 0 Å². The number of fused-ring (bicyclic) bond motifs is 1. The summed E-state index contributed by atoms with van der Waals surface area (Å²) in [4.78, 5) is 38.2. The van der Waals surface area contributed by atoms with Crippen LogP contribution in [0, 0.1) is 0 Å². The summed E-state index contributed by atoms with van der Waals surface area (Å²) in [6, 6.07) is 5.26. The number of hydrogen-bond acceptors (Lipinski definition) is 6. The highest BCUT2D eigenvalue weighted by Gasteiger charge is 2.40. The van der Waals surface area contributed by atoms with E-state index in [1.807, 2.05) is 18.2 Å². The number of nitrogens with zero attached hydrogens (tertiary/aromatic N) is 1. The van der Waals surface area contributed by atoms with Crippen molar-refractivity contribution in [1.29, 1.82) is 0 Å². The number of rotatable bonds is 7. The second-order valence-electron chi connectivity index (χ2n) is 7.77. The van der Waals surface area contributed by atoms with Gasteiger partial charge in [0.05, 0.1) is 5.60 Å². The van der Waals surface area contributed by atoms with Crippen molar-refractivity contribution in [3.63, 3.8) is 0 Å². The van der Waals surface area contributed by atoms with Crippen molar-refractivity contribution in [2.45, 2.75) is 44.0 Å². The Labute approximate surface area is 164 Å². The third kappa shape index (κ3) is 3.43. The van der Waals surface area contributed by atoms with E-state index < -0.39 is 6.04 Å². The minimum Gasteiger partial charge on any atom is -0.376 e. The van der Waals surface area contributed by atoms with Crippen LogP contribution in [-0.4, -0.2) is 61.0 Å². The Bertz CT molecular complexity index is 800. The van der Waals surface area contributed by atoms with E-state index in [0.29, 0.717) is 25.1 Å². The number of imide groups is 1. The van der Waals surface area contributed by atoms with Gasteiger partial charge in [0, 0.05) is 45.3 Å². The first kappa shape index (κ1) is 19.0. The maximum Gasteiger partial charge on any atom is 0.255 e. The monoisotopic (exact) mass is 386 g/mol. The summed E-state index contributed by atoms with van der Waals surface area (Å²) in [5, 5.41) is 8.99. The number of nitrogens with one attached hydrogen (secondary N) is 3. The molecular weight excluding hydrogens is 360 g/mol. The molecule has 3 aliphatic heterocycles. The average molecular weight is 386 g/mol. The molecule has 3 N–H and O–H groups in total. The third-order valence-electron chi connectivity index (χ3n) is 6.04. The van der Waals surface area contributed by atoms with Crippen LogP contribution in [0.15, 0.2) is 18.2 Å². The van der Waals surface area contributed by atoms with Gasteiger partial charge in [0.25, 0.3) is 5.91 Å². The van der Waals surface area contributed by atoms with E-state index >= 15 is 0 Å². The zero-order chi connectivity index (χ0) is 19.7. The molecule has 2 saturated heterocycles. The van der Waals surface area contributed by atoms with Gasteiger partial charge in [-0.3, -0.25) is 19.7 Å². The zero-order valence-electron chi connectivity index (χ0n) is 16.0. The Morgan fingerprint density at radius 3 is 2.79 bits per heavy atom. The maximum atomic E-state index is 13.0. The summed E-state index contributed by atoms with van der Waals surface area (Å²) >= 11 is 0. The molecule has 8 heteroatoms. The minimum absolute atomic E-state index is 0.0793. The minimum atomic E-state index is -0.578. The van der Waals surface area contributed by atoms with Crippen molar-refractivity contribution in [1.82, 2.24) is 20.9 Å². The summed E-state index contributed by atoms with van der Waals surface area (Å²) in [5.41, 5.74) is 2.48. The van der Waals surface area contributed by atoms with Crippen molar-refractivity contribution in [2.24, 2.45) is 0 Å². The molecule has 28 heavy (non-hydrogen) atoms. The average Bonchev–Trinajstić information content (AvgIpc) is 2.98. The van der Waals surface area contributed by atoms with Crippen molar-refractivity contribution in [3.05, 3.63) is 34.9 Å². The Balaban J connectivity index is 1.40. The molecule has 3 amide bonds. The first-order chi connectivity index (χ1) is 13.5. The van der Waals surface area contributed by atoms with E-state index in [1.165, 1.54) is 0 Å². The fraction of sp³-hybridized carbons (Fsp3) is 0.550. The Hall–Kier alpha value is -2.29. The topological polar surface area (TPSA) is 99.8 Å². The van der Waals surface area contributed by atoms with Gasteiger partial charge in [0.15, 0.2) is 0 Å². The molecule has 3 heterocycles. The molecule has 0 aromatic heterocycles. The highest BCUT2D eigenvalue weighted by Crippen LogP contribution is 2.30. The van der Waals surface area contributed by atoms with E-state index in [0.717, 1.165) is 37.2 Å². The Kier molecular flexibility index (Phi) is 5.18. The lowest BCUT2D eigenvalue weighted by molar-refractivity contribution is -0.136. The van der Waals surface area contributed by atoms with E-state index in [2.05, 4.69) is 16.0 Å². The van der Waals surface area contributed by atoms with Crippen LogP contribution in [0.4, 0.5) is 0 Å². The predicted molar refractivity (Wildman–Crippen MR) is 101 cm³/mol. The summed E-state index contributed by atoms with van der Waals surface area (Å²) < 4.78 is 5.59. The van der Waals surface area contributed by atoms with Crippen molar-refractivity contribution in [2.75, 3.05) is 26.7 Å². The van der Waals surface area contributed by atoms with Gasteiger partial charge in [-0.05, 0) is 30.5 Å². The molecule has 1 aromatic carbocycles. The summed E-state index contributed by atoms with van der Waals surface area (Å²) in [6.45, 7) is 3.53. The molecule has 0 spiro atoms. The highest BCUT2D eigenvalue weighted by atomic mass is 16.5. The van der Waals surface area contributed by atoms with Gasteiger partial charge in [-0.25, -0.2) is 0 Å². The smallest absolute Gasteiger partial charge is 0.255 e. The van der Waals surface area contributed by atoms with Crippen molar-refractivity contribution >= 4 is 17.7 Å². The second-order valence-corrected chi connectivity index (χ2v) is 7.77. The number of carbonyl (C=O) groups is 3. The SMILES string of the molecule is COC1(CCNCc2cccc3c2C(=O)N(C2CCC(=O)NC2=O)C3)CNC1. The fourth-order valence-electron chi connectivity index (χ4n) is 4.20. The molecule has 2 fully saturated rings. The van der Waals surface area contributed by atoms with Crippen molar-refractivity contribution < 1.29 is 19.1 Å². The molecular formula is C20H26N4O4. The van der Waals surface area contributed by atoms with Crippen LogP contribution in [-0.2, 0) is 27.4 Å². The lowest BCUT2D eigenvalue weighted by Crippen LogP contribution is -2.61. The molecule has 8 nitrogen and oxygen atoms in total. The van der Waals surface area contributed by atoms with Gasteiger partial charge in [-0.2, -0.15) is 0 Å². The molecule has 0 radical (unpaired) electrons. The lowest BCUT2D eigenvalue weighted by Gasteiger charge is -2.41. The fourth-order valence-corrected chi connectivity index (χ4v) is 4.20. The summed E-state index contributed by atoms with van der Waals surface area (Å²) in [7, 11) is 1.74. The number of methoxy groups -OCH3 is 1. The number of piperidine rings is 1. The molecule has 0 saturated carbocycles. The van der Waals surface area contributed by atoms with Crippen LogP contribution in [0.1, 0.15) is 40.7 Å². The quantitative estimate of drug-likeness (QED) is 0.448. The number of hydrogen-bond donors (Lipinski definition) is 3. The number of benzene rings is 1. The first-order valence-electron chi connectivity index (χ1n) is 9.75. The van der Waals surface area contributed by atoms with Gasteiger partial charge in [-0.1, -0.05) is 18.2 Å². The highest BCUT2D eigenvalue weighted by molar-refractivity contribution is 6.05. The van der Waals surface area contributed by atoms with E-state index in [-0.39, 0.29) is 29.7 Å². The van der Waals surface area contributed by atoms with Gasteiger partial charge >= 0.3 is 0 Å². The van der Waals surface area contributed by atoms with E-state index in [1.54, 1.807) is 12.0 Å². The summed E-state index contributed by atoms with van der Waals surface area (Å²) in [6.07, 6.45) is 1.55. The Morgan fingerprint density at radius 1 is 1.29 bits per heavy atom. The van der Waals surface area contributed by atoms with Gasteiger partial charge in [0.1, 0.15) is 6.04 Å². The first-order valence-corrected chi connectivity index (χ1v) is 9.75. The molecule has 1 atom stereocenters. The molecule has 150 valence electrons. The van der Waals surface area contributed by atoms with E-state index in [9.17, 15) is 14.4 Å². The standard InChI is InChI=1S/C20H26N4O4/c1-28-20(11-22-12-20)7-8-21-9-13-3-2-4-14-10-24(19(27)17(13)14)15-5-6-16(25)23-18(15)26/h2-4,15,21-22H,5-12H2,1H3,(H,23,25,26). The molecule has 0 aliphatic carbocycles. The molecule has 3 aliphatic rings. The van der Waals surface area contributed by atoms with Crippen LogP contribution in [0.3, 0.4) is 0 Å². The van der Waals surface area contributed by atoms with Gasteiger partial charge in [-0.15, -0.1) is 0 Å². The predicted octanol–water partition coefficient (Wildman–Crippen LogP) is -0.0843. The largest absolute Gasteiger partial charge is 0.376 e. The summed E-state index contributed by atoms with van der Waals surface area (Å²) in [5.74, 6) is -0.778. The van der Waals surface area contributed by atoms with Crippen LogP contribution in [0.2, 0.25) is 0 Å².